The second-order valence-corrected chi connectivity index (χ2v) is 3.32. The molecule has 18 heavy (non-hydrogen) atoms. The zero-order chi connectivity index (χ0) is 14.3. The molecule has 0 saturated carbocycles. The molecule has 0 spiro atoms. The predicted octanol–water partition coefficient (Wildman–Crippen LogP) is 1.74. The molecule has 98 valence electrons. The van der Waals surface area contributed by atoms with E-state index in [2.05, 4.69) is 0 Å². The van der Waals surface area contributed by atoms with E-state index < -0.39 is 17.9 Å². The molecule has 6 nitrogen and oxygen atoms in total. The molecule has 1 aromatic rings. The summed E-state index contributed by atoms with van der Waals surface area (Å²) in [4.78, 5) is 30.6. The maximum absolute atomic E-state index is 10.8. The average Bonchev–Trinajstić information content (AvgIpc) is 2.26. The van der Waals surface area contributed by atoms with Crippen LogP contribution in [0.5, 0.6) is 0 Å². The molecule has 0 atom stereocenters. The van der Waals surface area contributed by atoms with Gasteiger partial charge in [-0.2, -0.15) is 0 Å². The number of aromatic carboxylic acids is 2. The Morgan fingerprint density at radius 2 is 1.56 bits per heavy atom. The van der Waals surface area contributed by atoms with Crippen LogP contribution in [0, 0.1) is 0 Å². The van der Waals surface area contributed by atoms with Crippen molar-refractivity contribution in [2.45, 2.75) is 20.3 Å². The number of carbonyl (C=O) groups is 3. The molecule has 0 saturated heterocycles. The van der Waals surface area contributed by atoms with Crippen molar-refractivity contribution in [3.8, 4) is 0 Å². The highest BCUT2D eigenvalue weighted by Crippen LogP contribution is 2.15. The van der Waals surface area contributed by atoms with Crippen LogP contribution in [0.2, 0.25) is 0 Å². The lowest BCUT2D eigenvalue weighted by molar-refractivity contribution is -0.134. The number of benzene rings is 1. The molecule has 0 aliphatic rings. The number of aryl methyl sites for hydroxylation is 1. The van der Waals surface area contributed by atoms with E-state index in [1.165, 1.54) is 6.07 Å². The average molecular weight is 254 g/mol. The molecule has 0 aliphatic carbocycles. The Balaban J connectivity index is 0.000000631. The van der Waals surface area contributed by atoms with Crippen LogP contribution >= 0.6 is 0 Å². The van der Waals surface area contributed by atoms with Gasteiger partial charge in [-0.1, -0.05) is 19.1 Å². The van der Waals surface area contributed by atoms with Crippen molar-refractivity contribution in [2.24, 2.45) is 0 Å². The van der Waals surface area contributed by atoms with Gasteiger partial charge in [-0.25, -0.2) is 9.59 Å². The van der Waals surface area contributed by atoms with Crippen LogP contribution < -0.4 is 0 Å². The molecular weight excluding hydrogens is 240 g/mol. The molecule has 6 heteroatoms. The van der Waals surface area contributed by atoms with E-state index in [0.717, 1.165) is 6.92 Å². The van der Waals surface area contributed by atoms with E-state index in [1.54, 1.807) is 19.1 Å². The zero-order valence-electron chi connectivity index (χ0n) is 10.0. The van der Waals surface area contributed by atoms with Crippen molar-refractivity contribution in [1.82, 2.24) is 0 Å². The first-order chi connectivity index (χ1) is 8.31. The van der Waals surface area contributed by atoms with Gasteiger partial charge in [0.2, 0.25) is 0 Å². The monoisotopic (exact) mass is 254 g/mol. The van der Waals surface area contributed by atoms with Gasteiger partial charge in [-0.05, 0) is 18.1 Å². The minimum absolute atomic E-state index is 0.109. The first-order valence-electron chi connectivity index (χ1n) is 5.09. The molecule has 1 rings (SSSR count). The van der Waals surface area contributed by atoms with Crippen LogP contribution in [0.3, 0.4) is 0 Å². The Morgan fingerprint density at radius 3 is 1.89 bits per heavy atom. The van der Waals surface area contributed by atoms with Crippen LogP contribution in [0.15, 0.2) is 18.2 Å². The second kappa shape index (κ2) is 7.05. The lowest BCUT2D eigenvalue weighted by Crippen LogP contribution is -2.10. The summed E-state index contributed by atoms with van der Waals surface area (Å²) in [6, 6.07) is 4.47. The number of aliphatic carboxylic acids is 1. The maximum atomic E-state index is 10.8. The molecule has 0 heterocycles. The Hall–Kier alpha value is -2.37. The van der Waals surface area contributed by atoms with Crippen LogP contribution in [-0.2, 0) is 11.2 Å². The van der Waals surface area contributed by atoms with Crippen LogP contribution in [0.25, 0.3) is 0 Å². The number of hydrogen-bond donors (Lipinski definition) is 3. The van der Waals surface area contributed by atoms with Gasteiger partial charge in [-0.3, -0.25) is 4.79 Å². The quantitative estimate of drug-likeness (QED) is 0.757. The first kappa shape index (κ1) is 15.6. The minimum atomic E-state index is -1.21. The lowest BCUT2D eigenvalue weighted by Gasteiger charge is -2.06. The summed E-state index contributed by atoms with van der Waals surface area (Å²) in [6.07, 6.45) is 0.503. The van der Waals surface area contributed by atoms with E-state index >= 15 is 0 Å². The topological polar surface area (TPSA) is 112 Å². The third kappa shape index (κ3) is 4.65. The molecule has 0 fully saturated rings. The van der Waals surface area contributed by atoms with Gasteiger partial charge in [0.1, 0.15) is 0 Å². The van der Waals surface area contributed by atoms with Crippen molar-refractivity contribution in [3.05, 3.63) is 34.9 Å². The van der Waals surface area contributed by atoms with Crippen molar-refractivity contribution < 1.29 is 29.7 Å². The highest BCUT2D eigenvalue weighted by Gasteiger charge is 2.18. The van der Waals surface area contributed by atoms with Gasteiger partial charge in [0.15, 0.2) is 0 Å². The summed E-state index contributed by atoms with van der Waals surface area (Å²) in [5.74, 6) is -3.24. The number of hydrogen-bond acceptors (Lipinski definition) is 3. The Morgan fingerprint density at radius 1 is 1.06 bits per heavy atom. The zero-order valence-corrected chi connectivity index (χ0v) is 10.0. The lowest BCUT2D eigenvalue weighted by atomic mass is 9.99. The summed E-state index contributed by atoms with van der Waals surface area (Å²) < 4.78 is 0. The highest BCUT2D eigenvalue weighted by molar-refractivity contribution is 6.02. The molecule has 0 aromatic heterocycles. The molecule has 1 aromatic carbocycles. The van der Waals surface area contributed by atoms with Gasteiger partial charge in [0.05, 0.1) is 11.1 Å². The Bertz CT molecular complexity index is 460. The number of carboxylic acid groups (broad SMARTS) is 3. The third-order valence-electron chi connectivity index (χ3n) is 1.98. The van der Waals surface area contributed by atoms with Crippen molar-refractivity contribution in [3.63, 3.8) is 0 Å². The number of rotatable bonds is 3. The summed E-state index contributed by atoms with van der Waals surface area (Å²) >= 11 is 0. The maximum Gasteiger partial charge on any atom is 0.336 e. The largest absolute Gasteiger partial charge is 0.481 e. The predicted molar refractivity (Wildman–Crippen MR) is 63.0 cm³/mol. The fourth-order valence-corrected chi connectivity index (χ4v) is 1.33. The number of carboxylic acids is 3. The molecule has 0 radical (unpaired) electrons. The minimum Gasteiger partial charge on any atom is -0.481 e. The van der Waals surface area contributed by atoms with Gasteiger partial charge in [0, 0.05) is 6.92 Å². The summed E-state index contributed by atoms with van der Waals surface area (Å²) in [6.45, 7) is 2.87. The van der Waals surface area contributed by atoms with E-state index in [9.17, 15) is 9.59 Å². The fourth-order valence-electron chi connectivity index (χ4n) is 1.33. The van der Waals surface area contributed by atoms with Crippen molar-refractivity contribution in [1.29, 1.82) is 0 Å². The summed E-state index contributed by atoms with van der Waals surface area (Å²) in [7, 11) is 0. The molecule has 3 N–H and O–H groups in total. The molecule has 0 unspecified atom stereocenters. The van der Waals surface area contributed by atoms with E-state index in [4.69, 9.17) is 20.1 Å². The van der Waals surface area contributed by atoms with Gasteiger partial charge < -0.3 is 15.3 Å². The molecule has 0 bridgehead atoms. The third-order valence-corrected chi connectivity index (χ3v) is 1.98. The van der Waals surface area contributed by atoms with E-state index in [-0.39, 0.29) is 11.1 Å². The van der Waals surface area contributed by atoms with Crippen LogP contribution in [0.4, 0.5) is 0 Å². The Labute approximate surface area is 103 Å². The summed E-state index contributed by atoms with van der Waals surface area (Å²) in [5, 5.41) is 25.1. The van der Waals surface area contributed by atoms with Gasteiger partial charge in [-0.15, -0.1) is 0 Å². The van der Waals surface area contributed by atoms with E-state index in [1.807, 2.05) is 0 Å². The first-order valence-corrected chi connectivity index (χ1v) is 5.09. The van der Waals surface area contributed by atoms with Gasteiger partial charge >= 0.3 is 11.9 Å². The van der Waals surface area contributed by atoms with Crippen molar-refractivity contribution >= 4 is 17.9 Å². The molecule has 0 aliphatic heterocycles. The van der Waals surface area contributed by atoms with Crippen LogP contribution in [-0.4, -0.2) is 33.2 Å². The SMILES string of the molecule is CC(=O)O.CCc1cccc(C(=O)O)c1C(=O)O. The molecular formula is C12H14O6. The highest BCUT2D eigenvalue weighted by atomic mass is 16.4. The standard InChI is InChI=1S/C10H10O4.C2H4O2/c1-2-6-4-3-5-7(9(11)12)8(6)10(13)14;1-2(3)4/h3-5H,2H2,1H3,(H,11,12)(H,13,14);1H3,(H,3,4). The summed E-state index contributed by atoms with van der Waals surface area (Å²) in [5.41, 5.74) is 0.275. The van der Waals surface area contributed by atoms with E-state index in [0.29, 0.717) is 12.0 Å². The van der Waals surface area contributed by atoms with Gasteiger partial charge in [0.25, 0.3) is 5.97 Å². The smallest absolute Gasteiger partial charge is 0.336 e. The molecule has 0 amide bonds. The second-order valence-electron chi connectivity index (χ2n) is 3.32. The van der Waals surface area contributed by atoms with Crippen molar-refractivity contribution in [2.75, 3.05) is 0 Å². The van der Waals surface area contributed by atoms with Crippen LogP contribution in [0.1, 0.15) is 40.1 Å². The fraction of sp³-hybridized carbons (Fsp3) is 0.250. The Kier molecular flexibility index (Phi) is 6.12. The normalized spacial score (nSPS) is 9.00.